The molecule has 0 fully saturated rings. The maximum Gasteiger partial charge on any atom is 0.0865 e. The third kappa shape index (κ3) is 2.87. The van der Waals surface area contributed by atoms with Gasteiger partial charge in [-0.25, -0.2) is 0 Å². The number of rotatable bonds is 5. The fourth-order valence-electron chi connectivity index (χ4n) is 2.68. The van der Waals surface area contributed by atoms with Crippen LogP contribution in [0.5, 0.6) is 0 Å². The van der Waals surface area contributed by atoms with Crippen molar-refractivity contribution in [3.05, 3.63) is 46.0 Å². The number of hydrogen-bond donors (Lipinski definition) is 2. The highest BCUT2D eigenvalue weighted by Gasteiger charge is 2.13. The van der Waals surface area contributed by atoms with Gasteiger partial charge in [-0.2, -0.15) is 0 Å². The molecule has 3 rings (SSSR count). The number of anilines is 1. The van der Waals surface area contributed by atoms with Gasteiger partial charge in [0.2, 0.25) is 0 Å². The van der Waals surface area contributed by atoms with E-state index < -0.39 is 0 Å². The molecule has 0 aromatic carbocycles. The predicted molar refractivity (Wildman–Crippen MR) is 92.2 cm³/mol. The maximum absolute atomic E-state index is 5.72. The zero-order valence-corrected chi connectivity index (χ0v) is 13.4. The van der Waals surface area contributed by atoms with Gasteiger partial charge in [-0.3, -0.25) is 4.98 Å². The molecular weight excluding hydrogens is 278 g/mol. The molecule has 3 nitrogen and oxygen atoms in total. The average molecular weight is 299 g/mol. The summed E-state index contributed by atoms with van der Waals surface area (Å²) in [6, 6.07) is 2.15. The summed E-state index contributed by atoms with van der Waals surface area (Å²) in [6.07, 6.45) is 8.50. The van der Waals surface area contributed by atoms with Crippen LogP contribution in [0.4, 0.5) is 5.69 Å². The van der Waals surface area contributed by atoms with Gasteiger partial charge in [0.25, 0.3) is 0 Å². The van der Waals surface area contributed by atoms with E-state index in [0.29, 0.717) is 6.54 Å². The second kappa shape index (κ2) is 6.00. The highest BCUT2D eigenvalue weighted by atomic mass is 32.1. The lowest BCUT2D eigenvalue weighted by molar-refractivity contribution is 0.980. The number of allylic oxidation sites excluding steroid dienone is 3. The molecule has 0 aliphatic heterocycles. The lowest BCUT2D eigenvalue weighted by atomic mass is 10.1. The number of thiophene rings is 1. The van der Waals surface area contributed by atoms with E-state index in [0.717, 1.165) is 30.6 Å². The van der Waals surface area contributed by atoms with Crippen molar-refractivity contribution in [2.45, 2.75) is 26.7 Å². The van der Waals surface area contributed by atoms with E-state index in [9.17, 15) is 0 Å². The molecule has 4 heteroatoms. The molecule has 110 valence electrons. The van der Waals surface area contributed by atoms with Crippen molar-refractivity contribution in [1.82, 2.24) is 4.98 Å². The second-order valence-corrected chi connectivity index (χ2v) is 6.59. The van der Waals surface area contributed by atoms with Gasteiger partial charge < -0.3 is 11.1 Å². The normalized spacial score (nSPS) is 14.0. The molecule has 2 heterocycles. The average Bonchev–Trinajstić information content (AvgIpc) is 3.07. The molecule has 0 amide bonds. The number of fused-ring (bicyclic) bond motifs is 1. The Kier molecular flexibility index (Phi) is 4.08. The number of pyridine rings is 1. The van der Waals surface area contributed by atoms with Crippen molar-refractivity contribution in [3.63, 3.8) is 0 Å². The van der Waals surface area contributed by atoms with Crippen LogP contribution in [0.2, 0.25) is 0 Å². The Morgan fingerprint density at radius 1 is 1.38 bits per heavy atom. The van der Waals surface area contributed by atoms with E-state index in [1.807, 2.05) is 11.3 Å². The van der Waals surface area contributed by atoms with Crippen LogP contribution >= 0.6 is 11.3 Å². The Balaban J connectivity index is 1.94. The number of nitrogens with two attached hydrogens (primary N) is 1. The van der Waals surface area contributed by atoms with Crippen LogP contribution in [0.3, 0.4) is 0 Å². The number of hydrogen-bond acceptors (Lipinski definition) is 4. The fraction of sp³-hybridized carbons (Fsp3) is 0.353. The number of aryl methyl sites for hydroxylation is 2. The molecule has 0 saturated carbocycles. The van der Waals surface area contributed by atoms with Crippen LogP contribution in [0, 0.1) is 13.8 Å². The number of nitrogens with one attached hydrogen (secondary N) is 1. The fourth-order valence-corrected chi connectivity index (χ4v) is 3.94. The first-order chi connectivity index (χ1) is 10.2. The summed E-state index contributed by atoms with van der Waals surface area (Å²) in [5.74, 6) is 0. The summed E-state index contributed by atoms with van der Waals surface area (Å²) < 4.78 is 1.26. The van der Waals surface area contributed by atoms with Gasteiger partial charge in [0.1, 0.15) is 0 Å². The summed E-state index contributed by atoms with van der Waals surface area (Å²) in [4.78, 5) is 6.08. The van der Waals surface area contributed by atoms with Gasteiger partial charge in [0.15, 0.2) is 0 Å². The molecule has 0 radical (unpaired) electrons. The third-order valence-corrected chi connectivity index (χ3v) is 5.20. The SMILES string of the molecule is Cc1cc(NCC2=CC=CC2)c2sc(CCN)c(C)c2n1. The molecule has 2 aromatic heterocycles. The monoisotopic (exact) mass is 299 g/mol. The van der Waals surface area contributed by atoms with E-state index in [2.05, 4.69) is 43.5 Å². The molecule has 0 saturated heterocycles. The van der Waals surface area contributed by atoms with Crippen molar-refractivity contribution in [1.29, 1.82) is 0 Å². The standard InChI is InChI=1S/C17H21N3S/c1-11-9-14(19-10-13-5-3-4-6-13)17-16(20-11)12(2)15(21-17)7-8-18/h3-5,9H,6-8,10,18H2,1-2H3,(H,19,20). The Labute approximate surface area is 129 Å². The number of nitrogens with zero attached hydrogens (tertiary/aromatic N) is 1. The molecule has 0 spiro atoms. The zero-order chi connectivity index (χ0) is 14.8. The van der Waals surface area contributed by atoms with Crippen molar-refractivity contribution >= 4 is 27.2 Å². The van der Waals surface area contributed by atoms with Crippen LogP contribution in [-0.4, -0.2) is 18.1 Å². The predicted octanol–water partition coefficient (Wildman–Crippen LogP) is 3.71. The Hall–Kier alpha value is -1.65. The van der Waals surface area contributed by atoms with Crippen LogP contribution < -0.4 is 11.1 Å². The highest BCUT2D eigenvalue weighted by molar-refractivity contribution is 7.19. The van der Waals surface area contributed by atoms with Crippen LogP contribution in [0.15, 0.2) is 29.9 Å². The molecule has 0 bridgehead atoms. The van der Waals surface area contributed by atoms with E-state index in [1.165, 1.54) is 26.4 Å². The molecule has 0 atom stereocenters. The minimum atomic E-state index is 0.688. The molecular formula is C17H21N3S. The van der Waals surface area contributed by atoms with Crippen molar-refractivity contribution in [3.8, 4) is 0 Å². The third-order valence-electron chi connectivity index (χ3n) is 3.83. The first-order valence-electron chi connectivity index (χ1n) is 7.37. The summed E-state index contributed by atoms with van der Waals surface area (Å²) in [5.41, 5.74) is 11.8. The largest absolute Gasteiger partial charge is 0.380 e. The van der Waals surface area contributed by atoms with Crippen LogP contribution in [0.1, 0.15) is 22.6 Å². The van der Waals surface area contributed by atoms with Crippen LogP contribution in [-0.2, 0) is 6.42 Å². The molecule has 1 aliphatic carbocycles. The van der Waals surface area contributed by atoms with Crippen molar-refractivity contribution in [2.24, 2.45) is 5.73 Å². The second-order valence-electron chi connectivity index (χ2n) is 5.49. The summed E-state index contributed by atoms with van der Waals surface area (Å²) >= 11 is 1.83. The summed E-state index contributed by atoms with van der Waals surface area (Å²) in [7, 11) is 0. The van der Waals surface area contributed by atoms with E-state index in [-0.39, 0.29) is 0 Å². The van der Waals surface area contributed by atoms with Gasteiger partial charge >= 0.3 is 0 Å². The minimum absolute atomic E-state index is 0.688. The van der Waals surface area contributed by atoms with E-state index >= 15 is 0 Å². The Morgan fingerprint density at radius 3 is 2.95 bits per heavy atom. The van der Waals surface area contributed by atoms with Gasteiger partial charge in [0, 0.05) is 17.1 Å². The van der Waals surface area contributed by atoms with Gasteiger partial charge in [-0.15, -0.1) is 11.3 Å². The highest BCUT2D eigenvalue weighted by Crippen LogP contribution is 2.35. The summed E-state index contributed by atoms with van der Waals surface area (Å²) in [6.45, 7) is 5.80. The lowest BCUT2D eigenvalue weighted by Crippen LogP contribution is -2.04. The van der Waals surface area contributed by atoms with Crippen molar-refractivity contribution in [2.75, 3.05) is 18.4 Å². The minimum Gasteiger partial charge on any atom is -0.380 e. The molecule has 2 aromatic rings. The molecule has 21 heavy (non-hydrogen) atoms. The van der Waals surface area contributed by atoms with Crippen molar-refractivity contribution < 1.29 is 0 Å². The Bertz CT molecular complexity index is 725. The first-order valence-corrected chi connectivity index (χ1v) is 8.19. The van der Waals surface area contributed by atoms with Gasteiger partial charge in [-0.1, -0.05) is 18.2 Å². The maximum atomic E-state index is 5.72. The smallest absolute Gasteiger partial charge is 0.0865 e. The van der Waals surface area contributed by atoms with Crippen LogP contribution in [0.25, 0.3) is 10.2 Å². The molecule has 0 unspecified atom stereocenters. The topological polar surface area (TPSA) is 50.9 Å². The summed E-state index contributed by atoms with van der Waals surface area (Å²) in [5, 5.41) is 3.58. The van der Waals surface area contributed by atoms with E-state index in [1.54, 1.807) is 0 Å². The first kappa shape index (κ1) is 14.3. The lowest BCUT2D eigenvalue weighted by Gasteiger charge is -2.09. The van der Waals surface area contributed by atoms with E-state index in [4.69, 9.17) is 10.7 Å². The van der Waals surface area contributed by atoms with Gasteiger partial charge in [-0.05, 0) is 50.4 Å². The number of aromatic nitrogens is 1. The van der Waals surface area contributed by atoms with Gasteiger partial charge in [0.05, 0.1) is 15.9 Å². The quantitative estimate of drug-likeness (QED) is 0.885. The zero-order valence-electron chi connectivity index (χ0n) is 12.6. The molecule has 3 N–H and O–H groups in total. The Morgan fingerprint density at radius 2 is 2.24 bits per heavy atom. The molecule has 1 aliphatic rings.